The summed E-state index contributed by atoms with van der Waals surface area (Å²) in [7, 11) is -3.56. The first-order chi connectivity index (χ1) is 8.04. The highest BCUT2D eigenvalue weighted by Crippen LogP contribution is 2.19. The highest BCUT2D eigenvalue weighted by Gasteiger charge is 2.38. The summed E-state index contributed by atoms with van der Waals surface area (Å²) in [6, 6.07) is 1.27. The van der Waals surface area contributed by atoms with Gasteiger partial charge in [-0.1, -0.05) is 11.6 Å². The van der Waals surface area contributed by atoms with Gasteiger partial charge in [-0.3, -0.25) is 4.79 Å². The van der Waals surface area contributed by atoms with Gasteiger partial charge < -0.3 is 5.32 Å². The quantitative estimate of drug-likeness (QED) is 0.675. The number of carbonyl (C=O) groups excluding carboxylic acids is 1. The Morgan fingerprint density at radius 1 is 1.33 bits per heavy atom. The van der Waals surface area contributed by atoms with Crippen LogP contribution in [0.2, 0.25) is 10.4 Å². The van der Waals surface area contributed by atoms with Crippen molar-refractivity contribution >= 4 is 44.8 Å². The van der Waals surface area contributed by atoms with Crippen molar-refractivity contribution in [2.24, 2.45) is 0 Å². The van der Waals surface area contributed by atoms with Gasteiger partial charge in [0, 0.05) is 12.3 Å². The minimum absolute atomic E-state index is 0.0433. The molecule has 0 unspecified atom stereocenters. The molecule has 0 saturated carbocycles. The van der Waals surface area contributed by atoms with Crippen molar-refractivity contribution in [1.29, 1.82) is 0 Å². The molecule has 6 nitrogen and oxygen atoms in total. The number of nitrogens with zero attached hydrogens (tertiary/aromatic N) is 2. The van der Waals surface area contributed by atoms with E-state index in [4.69, 9.17) is 23.2 Å². The van der Waals surface area contributed by atoms with Crippen molar-refractivity contribution in [2.45, 2.75) is 18.6 Å². The molecular weight excluding hydrogens is 301 g/mol. The van der Waals surface area contributed by atoms with Crippen LogP contribution in [0.4, 0.5) is 5.82 Å². The number of aromatic nitrogens is 2. The second kappa shape index (κ2) is 4.99. The Hall–Kier alpha value is -0.920. The zero-order chi connectivity index (χ0) is 14.1. The first kappa shape index (κ1) is 15.1. The predicted octanol–water partition coefficient (Wildman–Crippen LogP) is 1.55. The van der Waals surface area contributed by atoms with Gasteiger partial charge >= 0.3 is 0 Å². The third-order valence-electron chi connectivity index (χ3n) is 2.38. The molecule has 0 aliphatic rings. The smallest absolute Gasteiger partial charge is 0.246 e. The van der Waals surface area contributed by atoms with E-state index in [0.29, 0.717) is 0 Å². The highest BCUT2D eigenvalue weighted by molar-refractivity contribution is 7.92. The molecule has 1 amide bonds. The Morgan fingerprint density at radius 2 is 1.89 bits per heavy atom. The standard InChI is InChI=1S/C9H11Cl2N3O3S/c1-9(2,18(3,16)17)7(15)13-6-4-5(10)12-8(11)14-6/h4H,1-3H3,(H,12,13,14,15). The summed E-state index contributed by atoms with van der Waals surface area (Å²) in [5, 5.41) is 2.23. The van der Waals surface area contributed by atoms with Crippen molar-refractivity contribution < 1.29 is 13.2 Å². The lowest BCUT2D eigenvalue weighted by atomic mass is 10.2. The molecule has 18 heavy (non-hydrogen) atoms. The van der Waals surface area contributed by atoms with E-state index in [9.17, 15) is 13.2 Å². The van der Waals surface area contributed by atoms with Crippen molar-refractivity contribution in [2.75, 3.05) is 11.6 Å². The minimum Gasteiger partial charge on any atom is -0.309 e. The molecule has 1 rings (SSSR count). The molecule has 0 fully saturated rings. The molecule has 0 spiro atoms. The molecule has 0 bridgehead atoms. The van der Waals surface area contributed by atoms with Crippen molar-refractivity contribution in [1.82, 2.24) is 9.97 Å². The second-order valence-corrected chi connectivity index (χ2v) is 7.37. The maximum atomic E-state index is 11.9. The highest BCUT2D eigenvalue weighted by atomic mass is 35.5. The molecule has 0 aliphatic heterocycles. The average Bonchev–Trinajstić information content (AvgIpc) is 2.13. The number of rotatable bonds is 3. The fourth-order valence-electron chi connectivity index (χ4n) is 0.889. The summed E-state index contributed by atoms with van der Waals surface area (Å²) in [5.41, 5.74) is 0. The molecule has 0 atom stereocenters. The molecule has 0 saturated heterocycles. The predicted molar refractivity (Wildman–Crippen MR) is 69.6 cm³/mol. The van der Waals surface area contributed by atoms with E-state index >= 15 is 0 Å². The van der Waals surface area contributed by atoms with Crippen LogP contribution < -0.4 is 5.32 Å². The Balaban J connectivity index is 3.02. The average molecular weight is 312 g/mol. The van der Waals surface area contributed by atoms with Gasteiger partial charge in [0.05, 0.1) is 0 Å². The van der Waals surface area contributed by atoms with Gasteiger partial charge in [0.15, 0.2) is 9.84 Å². The van der Waals surface area contributed by atoms with Crippen LogP contribution in [0.1, 0.15) is 13.8 Å². The zero-order valence-electron chi connectivity index (χ0n) is 9.86. The first-order valence-electron chi connectivity index (χ1n) is 4.75. The Labute approximate surface area is 115 Å². The number of anilines is 1. The number of hydrogen-bond donors (Lipinski definition) is 1. The molecule has 1 aromatic rings. The van der Waals surface area contributed by atoms with Gasteiger partial charge in [-0.05, 0) is 25.4 Å². The monoisotopic (exact) mass is 311 g/mol. The van der Waals surface area contributed by atoms with E-state index in [2.05, 4.69) is 15.3 Å². The third-order valence-corrected chi connectivity index (χ3v) is 4.79. The Morgan fingerprint density at radius 3 is 2.33 bits per heavy atom. The zero-order valence-corrected chi connectivity index (χ0v) is 12.2. The maximum absolute atomic E-state index is 11.9. The first-order valence-corrected chi connectivity index (χ1v) is 7.40. The van der Waals surface area contributed by atoms with Gasteiger partial charge in [-0.25, -0.2) is 18.4 Å². The summed E-state index contributed by atoms with van der Waals surface area (Å²) >= 11 is 11.2. The largest absolute Gasteiger partial charge is 0.309 e. The fraction of sp³-hybridized carbons (Fsp3) is 0.444. The van der Waals surface area contributed by atoms with Crippen LogP contribution in [0.15, 0.2) is 6.07 Å². The fourth-order valence-corrected chi connectivity index (χ4v) is 1.69. The SMILES string of the molecule is CC(C)(C(=O)Nc1cc(Cl)nc(Cl)n1)S(C)(=O)=O. The summed E-state index contributed by atoms with van der Waals surface area (Å²) in [6.07, 6.45) is 0.979. The van der Waals surface area contributed by atoms with E-state index in [1.54, 1.807) is 0 Å². The normalized spacial score (nSPS) is 12.3. The molecule has 0 radical (unpaired) electrons. The van der Waals surface area contributed by atoms with Crippen molar-refractivity contribution in [3.05, 3.63) is 16.5 Å². The van der Waals surface area contributed by atoms with Gasteiger partial charge in [-0.15, -0.1) is 0 Å². The number of carbonyl (C=O) groups is 1. The molecule has 1 aromatic heterocycles. The van der Waals surface area contributed by atoms with E-state index in [1.807, 2.05) is 0 Å². The summed E-state index contributed by atoms with van der Waals surface area (Å²) in [5.74, 6) is -0.683. The molecule has 0 aromatic carbocycles. The van der Waals surface area contributed by atoms with Crippen LogP contribution in [-0.2, 0) is 14.6 Å². The number of hydrogen-bond acceptors (Lipinski definition) is 5. The van der Waals surface area contributed by atoms with Crippen LogP contribution in [0.5, 0.6) is 0 Å². The van der Waals surface area contributed by atoms with E-state index < -0.39 is 20.5 Å². The Bertz CT molecular complexity index is 566. The van der Waals surface area contributed by atoms with Crippen LogP contribution >= 0.6 is 23.2 Å². The maximum Gasteiger partial charge on any atom is 0.246 e. The van der Waals surface area contributed by atoms with Gasteiger partial charge in [0.25, 0.3) is 0 Å². The van der Waals surface area contributed by atoms with Crippen LogP contribution in [0, 0.1) is 0 Å². The topological polar surface area (TPSA) is 89.0 Å². The molecule has 0 aliphatic carbocycles. The number of nitrogens with one attached hydrogen (secondary N) is 1. The van der Waals surface area contributed by atoms with Crippen LogP contribution in [0.25, 0.3) is 0 Å². The molecule has 100 valence electrons. The van der Waals surface area contributed by atoms with E-state index in [1.165, 1.54) is 19.9 Å². The van der Waals surface area contributed by atoms with Crippen molar-refractivity contribution in [3.8, 4) is 0 Å². The van der Waals surface area contributed by atoms with Gasteiger partial charge in [-0.2, -0.15) is 0 Å². The molecule has 1 heterocycles. The van der Waals surface area contributed by atoms with Gasteiger partial charge in [0.1, 0.15) is 15.7 Å². The molecule has 9 heteroatoms. The number of sulfone groups is 1. The number of amides is 1. The van der Waals surface area contributed by atoms with Crippen LogP contribution in [-0.4, -0.2) is 35.3 Å². The lowest BCUT2D eigenvalue weighted by molar-refractivity contribution is -0.117. The Kier molecular flexibility index (Phi) is 4.19. The summed E-state index contributed by atoms with van der Waals surface area (Å²) < 4.78 is 21.4. The summed E-state index contributed by atoms with van der Waals surface area (Å²) in [6.45, 7) is 2.59. The second-order valence-electron chi connectivity index (χ2n) is 4.08. The minimum atomic E-state index is -3.56. The molecule has 1 N–H and O–H groups in total. The number of halogens is 2. The summed E-state index contributed by atoms with van der Waals surface area (Å²) in [4.78, 5) is 19.2. The molecular formula is C9H11Cl2N3O3S. The lowest BCUT2D eigenvalue weighted by Crippen LogP contribution is -2.44. The van der Waals surface area contributed by atoms with Crippen molar-refractivity contribution in [3.63, 3.8) is 0 Å². The lowest BCUT2D eigenvalue weighted by Gasteiger charge is -2.21. The van der Waals surface area contributed by atoms with E-state index in [-0.39, 0.29) is 16.3 Å². The van der Waals surface area contributed by atoms with Gasteiger partial charge in [0.2, 0.25) is 11.2 Å². The third kappa shape index (κ3) is 3.30. The van der Waals surface area contributed by atoms with Crippen LogP contribution in [0.3, 0.4) is 0 Å². The van der Waals surface area contributed by atoms with E-state index in [0.717, 1.165) is 6.26 Å².